The first-order valence-corrected chi connectivity index (χ1v) is 6.56. The molecule has 0 aliphatic carbocycles. The number of rotatable bonds is 1. The summed E-state index contributed by atoms with van der Waals surface area (Å²) in [6.07, 6.45) is 6.77. The fourth-order valence-electron chi connectivity index (χ4n) is 1.51. The van der Waals surface area contributed by atoms with E-state index in [2.05, 4.69) is 21.0 Å². The maximum Gasteiger partial charge on any atom is 0.164 e. The van der Waals surface area contributed by atoms with Crippen LogP contribution in [-0.2, 0) is 0 Å². The van der Waals surface area contributed by atoms with Crippen molar-refractivity contribution in [1.82, 2.24) is 19.7 Å². The van der Waals surface area contributed by atoms with E-state index >= 15 is 0 Å². The fourth-order valence-corrected chi connectivity index (χ4v) is 1.51. The van der Waals surface area contributed by atoms with Crippen LogP contribution in [0.1, 0.15) is 46.4 Å². The van der Waals surface area contributed by atoms with Crippen LogP contribution in [0.25, 0.3) is 11.0 Å². The van der Waals surface area contributed by atoms with Crippen molar-refractivity contribution in [2.45, 2.75) is 47.6 Å². The summed E-state index contributed by atoms with van der Waals surface area (Å²) in [5.74, 6) is 3.04. The lowest BCUT2D eigenvalue weighted by molar-refractivity contribution is 0.607. The topological polar surface area (TPSA) is 69.6 Å². The largest absolute Gasteiger partial charge is 0.383 e. The number of fused-ring (bicyclic) bond motifs is 1. The molecule has 0 radical (unpaired) electrons. The highest BCUT2D eigenvalue weighted by atomic mass is 15.3. The highest BCUT2D eigenvalue weighted by Crippen LogP contribution is 2.22. The fraction of sp³-hybridized carbons (Fsp3) is 0.500. The molecule has 0 aliphatic heterocycles. The standard InChI is InChI=1S/C10H11N5.2C2H6/c1-4-6(2)15-10-8(7(3)14-15)9(11)12-5-13-10;2*1-2/h1,5-6H,2-3H3,(H2,11,12,13);2*1-2H3. The second kappa shape index (κ2) is 8.09. The van der Waals surface area contributed by atoms with Gasteiger partial charge in [0.2, 0.25) is 0 Å². The first-order valence-electron chi connectivity index (χ1n) is 6.56. The average Bonchev–Trinajstić information content (AvgIpc) is 2.81. The van der Waals surface area contributed by atoms with Crippen LogP contribution < -0.4 is 5.73 Å². The number of hydrogen-bond acceptors (Lipinski definition) is 4. The van der Waals surface area contributed by atoms with Gasteiger partial charge in [0.1, 0.15) is 18.2 Å². The van der Waals surface area contributed by atoms with Crippen LogP contribution in [0.3, 0.4) is 0 Å². The van der Waals surface area contributed by atoms with Crippen LogP contribution in [0, 0.1) is 19.3 Å². The predicted octanol–water partition coefficient (Wildman–Crippen LogP) is 2.96. The molecule has 0 amide bonds. The molecule has 0 saturated heterocycles. The Morgan fingerprint density at radius 3 is 2.37 bits per heavy atom. The van der Waals surface area contributed by atoms with Gasteiger partial charge in [-0.15, -0.1) is 6.42 Å². The smallest absolute Gasteiger partial charge is 0.164 e. The van der Waals surface area contributed by atoms with Crippen LogP contribution in [0.5, 0.6) is 0 Å². The van der Waals surface area contributed by atoms with Crippen molar-refractivity contribution in [1.29, 1.82) is 0 Å². The first-order chi connectivity index (χ1) is 9.15. The van der Waals surface area contributed by atoms with Crippen LogP contribution in [0.2, 0.25) is 0 Å². The Balaban J connectivity index is 0.000000741. The summed E-state index contributed by atoms with van der Waals surface area (Å²) in [5.41, 5.74) is 7.24. The molecule has 104 valence electrons. The summed E-state index contributed by atoms with van der Waals surface area (Å²) in [6, 6.07) is -0.143. The van der Waals surface area contributed by atoms with Crippen molar-refractivity contribution in [3.63, 3.8) is 0 Å². The molecule has 0 bridgehead atoms. The molecule has 2 aromatic rings. The zero-order valence-corrected chi connectivity index (χ0v) is 12.6. The first kappa shape index (κ1) is 16.9. The Kier molecular flexibility index (Phi) is 7.20. The van der Waals surface area contributed by atoms with Crippen LogP contribution >= 0.6 is 0 Å². The molecule has 2 heterocycles. The van der Waals surface area contributed by atoms with Crippen LogP contribution in [0.4, 0.5) is 5.82 Å². The van der Waals surface area contributed by atoms with Crippen molar-refractivity contribution < 1.29 is 0 Å². The number of anilines is 1. The monoisotopic (exact) mass is 261 g/mol. The number of aromatic nitrogens is 4. The van der Waals surface area contributed by atoms with Gasteiger partial charge in [-0.1, -0.05) is 33.6 Å². The average molecular weight is 261 g/mol. The van der Waals surface area contributed by atoms with Gasteiger partial charge in [0.15, 0.2) is 5.65 Å². The number of nitrogen functional groups attached to an aromatic ring is 1. The minimum absolute atomic E-state index is 0.143. The van der Waals surface area contributed by atoms with Gasteiger partial charge in [0.25, 0.3) is 0 Å². The van der Waals surface area contributed by atoms with E-state index in [0.29, 0.717) is 11.5 Å². The normalized spacial score (nSPS) is 10.6. The molecule has 1 unspecified atom stereocenters. The maximum atomic E-state index is 5.76. The van der Waals surface area contributed by atoms with E-state index in [-0.39, 0.29) is 6.04 Å². The molecule has 2 N–H and O–H groups in total. The third-order valence-electron chi connectivity index (χ3n) is 2.30. The molecule has 0 aromatic carbocycles. The number of terminal acetylenes is 1. The molecular weight excluding hydrogens is 238 g/mol. The van der Waals surface area contributed by atoms with Gasteiger partial charge in [0.05, 0.1) is 11.1 Å². The summed E-state index contributed by atoms with van der Waals surface area (Å²) in [4.78, 5) is 8.07. The molecule has 0 fully saturated rings. The SMILES string of the molecule is C#CC(C)n1nc(C)c2c(N)ncnc21.CC.CC. The van der Waals surface area contributed by atoms with E-state index in [1.54, 1.807) is 4.68 Å². The highest BCUT2D eigenvalue weighted by Gasteiger charge is 2.14. The van der Waals surface area contributed by atoms with Gasteiger partial charge in [-0.05, 0) is 13.8 Å². The summed E-state index contributed by atoms with van der Waals surface area (Å²) in [7, 11) is 0. The maximum absolute atomic E-state index is 5.76. The molecule has 2 aromatic heterocycles. The van der Waals surface area contributed by atoms with Crippen molar-refractivity contribution >= 4 is 16.9 Å². The van der Waals surface area contributed by atoms with E-state index in [9.17, 15) is 0 Å². The Hall–Kier alpha value is -2.09. The van der Waals surface area contributed by atoms with Gasteiger partial charge in [-0.2, -0.15) is 5.10 Å². The second-order valence-corrected chi connectivity index (χ2v) is 3.33. The zero-order valence-electron chi connectivity index (χ0n) is 12.6. The van der Waals surface area contributed by atoms with E-state index in [1.165, 1.54) is 6.33 Å². The molecule has 19 heavy (non-hydrogen) atoms. The number of aryl methyl sites for hydroxylation is 1. The lowest BCUT2D eigenvalue weighted by atomic mass is 10.3. The quantitative estimate of drug-likeness (QED) is 0.801. The van der Waals surface area contributed by atoms with E-state index in [4.69, 9.17) is 12.2 Å². The van der Waals surface area contributed by atoms with Crippen LogP contribution in [0.15, 0.2) is 6.33 Å². The van der Waals surface area contributed by atoms with E-state index < -0.39 is 0 Å². The van der Waals surface area contributed by atoms with Gasteiger partial charge < -0.3 is 5.73 Å². The lowest BCUT2D eigenvalue weighted by Gasteiger charge is -2.04. The highest BCUT2D eigenvalue weighted by molar-refractivity contribution is 5.87. The summed E-state index contributed by atoms with van der Waals surface area (Å²) < 4.78 is 1.68. The molecule has 0 saturated carbocycles. The Morgan fingerprint density at radius 1 is 1.26 bits per heavy atom. The molecule has 0 spiro atoms. The minimum Gasteiger partial charge on any atom is -0.383 e. The van der Waals surface area contributed by atoms with Gasteiger partial charge >= 0.3 is 0 Å². The van der Waals surface area contributed by atoms with Crippen molar-refractivity contribution in [3.8, 4) is 12.3 Å². The Labute approximate surface area is 115 Å². The van der Waals surface area contributed by atoms with Crippen molar-refractivity contribution in [3.05, 3.63) is 12.0 Å². The second-order valence-electron chi connectivity index (χ2n) is 3.33. The van der Waals surface area contributed by atoms with Gasteiger partial charge in [0, 0.05) is 0 Å². The van der Waals surface area contributed by atoms with Gasteiger partial charge in [-0.3, -0.25) is 0 Å². The van der Waals surface area contributed by atoms with Crippen LogP contribution in [-0.4, -0.2) is 19.7 Å². The number of nitrogens with zero attached hydrogens (tertiary/aromatic N) is 4. The van der Waals surface area contributed by atoms with Gasteiger partial charge in [-0.25, -0.2) is 14.6 Å². The molecular formula is C14H23N5. The molecule has 2 rings (SSSR count). The summed E-state index contributed by atoms with van der Waals surface area (Å²) in [6.45, 7) is 11.7. The summed E-state index contributed by atoms with van der Waals surface area (Å²) in [5, 5.41) is 5.09. The zero-order chi connectivity index (χ0) is 15.0. The third kappa shape index (κ3) is 3.44. The molecule has 5 nitrogen and oxygen atoms in total. The van der Waals surface area contributed by atoms with Crippen molar-refractivity contribution in [2.24, 2.45) is 0 Å². The lowest BCUT2D eigenvalue weighted by Crippen LogP contribution is -2.05. The van der Waals surface area contributed by atoms with E-state index in [0.717, 1.165) is 11.1 Å². The Morgan fingerprint density at radius 2 is 1.84 bits per heavy atom. The molecule has 1 atom stereocenters. The van der Waals surface area contributed by atoms with Crippen molar-refractivity contribution in [2.75, 3.05) is 5.73 Å². The third-order valence-corrected chi connectivity index (χ3v) is 2.30. The number of nitrogens with two attached hydrogens (primary N) is 1. The summed E-state index contributed by atoms with van der Waals surface area (Å²) >= 11 is 0. The molecule has 0 aliphatic rings. The molecule has 5 heteroatoms. The number of hydrogen-bond donors (Lipinski definition) is 1. The minimum atomic E-state index is -0.143. The predicted molar refractivity (Wildman–Crippen MR) is 80.7 cm³/mol. The van der Waals surface area contributed by atoms with E-state index in [1.807, 2.05) is 41.5 Å². The Bertz CT molecular complexity index is 551.